The molecule has 0 radical (unpaired) electrons. The molecular formula is C21H12Cl2N4O4S. The Balaban J connectivity index is 1.48. The van der Waals surface area contributed by atoms with Crippen molar-refractivity contribution in [1.29, 1.82) is 0 Å². The number of anilines is 1. The average molecular weight is 487 g/mol. The molecule has 4 rings (SSSR count). The van der Waals surface area contributed by atoms with Crippen LogP contribution >= 0.6 is 35.4 Å². The van der Waals surface area contributed by atoms with Crippen LogP contribution in [0, 0.1) is 10.1 Å². The van der Waals surface area contributed by atoms with Gasteiger partial charge in [-0.2, -0.15) is 0 Å². The second-order valence-corrected chi connectivity index (χ2v) is 7.71. The Labute approximate surface area is 196 Å². The molecule has 0 aliphatic carbocycles. The number of rotatable bonds is 4. The second kappa shape index (κ2) is 8.91. The number of nitro benzene ring substituents is 1. The number of thiocarbonyl (C=S) groups is 1. The van der Waals surface area contributed by atoms with Gasteiger partial charge in [0, 0.05) is 23.4 Å². The summed E-state index contributed by atoms with van der Waals surface area (Å²) < 4.78 is 5.77. The Morgan fingerprint density at radius 3 is 2.56 bits per heavy atom. The molecular weight excluding hydrogens is 475 g/mol. The summed E-state index contributed by atoms with van der Waals surface area (Å²) in [4.78, 5) is 26.9. The van der Waals surface area contributed by atoms with Gasteiger partial charge in [-0.25, -0.2) is 4.98 Å². The van der Waals surface area contributed by atoms with Crippen LogP contribution in [0.1, 0.15) is 10.4 Å². The minimum absolute atomic E-state index is 0.0503. The highest BCUT2D eigenvalue weighted by atomic mass is 35.5. The average Bonchev–Trinajstić information content (AvgIpc) is 3.18. The van der Waals surface area contributed by atoms with Gasteiger partial charge in [0.15, 0.2) is 10.7 Å². The maximum Gasteiger partial charge on any atom is 0.269 e. The van der Waals surface area contributed by atoms with Crippen LogP contribution in [0.2, 0.25) is 10.0 Å². The first kappa shape index (κ1) is 21.7. The number of oxazole rings is 1. The number of amides is 1. The van der Waals surface area contributed by atoms with Crippen molar-refractivity contribution in [2.75, 3.05) is 5.32 Å². The molecule has 0 saturated heterocycles. The van der Waals surface area contributed by atoms with Crippen molar-refractivity contribution in [3.05, 3.63) is 86.4 Å². The summed E-state index contributed by atoms with van der Waals surface area (Å²) in [6.45, 7) is 0. The van der Waals surface area contributed by atoms with Crippen LogP contribution in [0.25, 0.3) is 22.6 Å². The largest absolute Gasteiger partial charge is 0.436 e. The summed E-state index contributed by atoms with van der Waals surface area (Å²) in [6.07, 6.45) is 0. The molecule has 4 aromatic rings. The van der Waals surface area contributed by atoms with Crippen molar-refractivity contribution in [2.24, 2.45) is 0 Å². The first-order valence-electron chi connectivity index (χ1n) is 9.03. The predicted octanol–water partition coefficient (Wildman–Crippen LogP) is 5.84. The first-order valence-corrected chi connectivity index (χ1v) is 10.2. The Hall–Kier alpha value is -3.53. The summed E-state index contributed by atoms with van der Waals surface area (Å²) in [5, 5.41) is 16.9. The molecule has 0 fully saturated rings. The molecule has 32 heavy (non-hydrogen) atoms. The van der Waals surface area contributed by atoms with E-state index in [1.165, 1.54) is 24.3 Å². The van der Waals surface area contributed by atoms with Crippen molar-refractivity contribution in [3.8, 4) is 11.5 Å². The molecule has 1 heterocycles. The molecule has 0 bridgehead atoms. The highest BCUT2D eigenvalue weighted by Crippen LogP contribution is 2.34. The highest BCUT2D eigenvalue weighted by molar-refractivity contribution is 7.80. The lowest BCUT2D eigenvalue weighted by Crippen LogP contribution is -2.34. The number of carbonyl (C=O) groups excluding carboxylic acids is 1. The standard InChI is InChI=1S/C21H12Cl2N4O4S/c22-15-3-1-2-14(18(15)23)20-25-16-10-12(6-9-17(16)31-20)24-21(32)26-19(28)11-4-7-13(8-5-11)27(29)30/h1-10H,(H2,24,26,28,32). The molecule has 0 saturated carbocycles. The smallest absolute Gasteiger partial charge is 0.269 e. The number of nitrogens with one attached hydrogen (secondary N) is 2. The minimum Gasteiger partial charge on any atom is -0.436 e. The van der Waals surface area contributed by atoms with E-state index in [0.29, 0.717) is 38.3 Å². The lowest BCUT2D eigenvalue weighted by atomic mass is 10.2. The van der Waals surface area contributed by atoms with Crippen LogP contribution in [0.3, 0.4) is 0 Å². The fourth-order valence-electron chi connectivity index (χ4n) is 2.86. The SMILES string of the molecule is O=C(NC(=S)Nc1ccc2oc(-c3cccc(Cl)c3Cl)nc2c1)c1ccc([N+](=O)[O-])cc1. The van der Waals surface area contributed by atoms with E-state index in [0.717, 1.165) is 0 Å². The number of nitrogens with zero attached hydrogens (tertiary/aromatic N) is 2. The summed E-state index contributed by atoms with van der Waals surface area (Å²) in [5.41, 5.74) is 2.34. The molecule has 3 aromatic carbocycles. The number of halogens is 2. The van der Waals surface area contributed by atoms with Gasteiger partial charge in [-0.3, -0.25) is 20.2 Å². The molecule has 0 spiro atoms. The second-order valence-electron chi connectivity index (χ2n) is 6.52. The summed E-state index contributed by atoms with van der Waals surface area (Å²) >= 11 is 17.5. The maximum atomic E-state index is 12.3. The molecule has 0 aliphatic heterocycles. The Bertz CT molecular complexity index is 1370. The topological polar surface area (TPSA) is 110 Å². The molecule has 8 nitrogen and oxygen atoms in total. The van der Waals surface area contributed by atoms with E-state index in [1.807, 2.05) is 0 Å². The normalized spacial score (nSPS) is 10.7. The number of aromatic nitrogens is 1. The quantitative estimate of drug-likeness (QED) is 0.212. The molecule has 1 aromatic heterocycles. The Morgan fingerprint density at radius 2 is 1.84 bits per heavy atom. The number of carbonyl (C=O) groups is 1. The Morgan fingerprint density at radius 1 is 1.09 bits per heavy atom. The van der Waals surface area contributed by atoms with E-state index >= 15 is 0 Å². The van der Waals surface area contributed by atoms with Gasteiger partial charge in [-0.05, 0) is 54.7 Å². The van der Waals surface area contributed by atoms with E-state index in [9.17, 15) is 14.9 Å². The lowest BCUT2D eigenvalue weighted by Gasteiger charge is -2.09. The molecule has 0 aliphatic rings. The van der Waals surface area contributed by atoms with E-state index in [1.54, 1.807) is 36.4 Å². The fourth-order valence-corrected chi connectivity index (χ4v) is 3.45. The number of benzene rings is 3. The fraction of sp³-hybridized carbons (Fsp3) is 0. The summed E-state index contributed by atoms with van der Waals surface area (Å²) in [7, 11) is 0. The molecule has 2 N–H and O–H groups in total. The monoisotopic (exact) mass is 486 g/mol. The molecule has 1 amide bonds. The van der Waals surface area contributed by atoms with Crippen molar-refractivity contribution < 1.29 is 14.1 Å². The van der Waals surface area contributed by atoms with Crippen molar-refractivity contribution in [2.45, 2.75) is 0 Å². The summed E-state index contributed by atoms with van der Waals surface area (Å²) in [6, 6.07) is 15.5. The van der Waals surface area contributed by atoms with Crippen LogP contribution in [0.5, 0.6) is 0 Å². The van der Waals surface area contributed by atoms with Gasteiger partial charge in [-0.15, -0.1) is 0 Å². The van der Waals surface area contributed by atoms with Gasteiger partial charge in [0.2, 0.25) is 5.89 Å². The van der Waals surface area contributed by atoms with E-state index in [2.05, 4.69) is 15.6 Å². The van der Waals surface area contributed by atoms with Gasteiger partial charge >= 0.3 is 0 Å². The van der Waals surface area contributed by atoms with Crippen molar-refractivity contribution in [1.82, 2.24) is 10.3 Å². The highest BCUT2D eigenvalue weighted by Gasteiger charge is 2.15. The van der Waals surface area contributed by atoms with Gasteiger partial charge in [0.1, 0.15) is 5.52 Å². The van der Waals surface area contributed by atoms with E-state index < -0.39 is 10.8 Å². The maximum absolute atomic E-state index is 12.3. The number of non-ortho nitro benzene ring substituents is 1. The van der Waals surface area contributed by atoms with Crippen LogP contribution in [0.15, 0.2) is 65.1 Å². The van der Waals surface area contributed by atoms with Crippen molar-refractivity contribution in [3.63, 3.8) is 0 Å². The third-order valence-electron chi connectivity index (χ3n) is 4.39. The van der Waals surface area contributed by atoms with Crippen LogP contribution in [-0.4, -0.2) is 20.9 Å². The summed E-state index contributed by atoms with van der Waals surface area (Å²) in [5.74, 6) is -0.184. The number of nitro groups is 1. The van der Waals surface area contributed by atoms with Gasteiger partial charge in [0.05, 0.1) is 20.5 Å². The van der Waals surface area contributed by atoms with Gasteiger partial charge in [-0.1, -0.05) is 29.3 Å². The van der Waals surface area contributed by atoms with Crippen molar-refractivity contribution >= 4 is 68.9 Å². The van der Waals surface area contributed by atoms with Gasteiger partial charge < -0.3 is 9.73 Å². The van der Waals surface area contributed by atoms with E-state index in [4.69, 9.17) is 39.8 Å². The molecule has 11 heteroatoms. The molecule has 160 valence electrons. The van der Waals surface area contributed by atoms with Crippen LogP contribution in [0.4, 0.5) is 11.4 Å². The zero-order valence-corrected chi connectivity index (χ0v) is 18.3. The lowest BCUT2D eigenvalue weighted by molar-refractivity contribution is -0.384. The minimum atomic E-state index is -0.542. The number of hydrogen-bond acceptors (Lipinski definition) is 6. The van der Waals surface area contributed by atoms with Gasteiger partial charge in [0.25, 0.3) is 11.6 Å². The molecule has 0 unspecified atom stereocenters. The Kier molecular flexibility index (Phi) is 6.04. The zero-order chi connectivity index (χ0) is 22.8. The van der Waals surface area contributed by atoms with Crippen LogP contribution in [-0.2, 0) is 0 Å². The third-order valence-corrected chi connectivity index (χ3v) is 5.42. The van der Waals surface area contributed by atoms with Crippen LogP contribution < -0.4 is 10.6 Å². The van der Waals surface area contributed by atoms with E-state index in [-0.39, 0.29) is 16.4 Å². The zero-order valence-electron chi connectivity index (χ0n) is 16.0. The third kappa shape index (κ3) is 4.54. The molecule has 0 atom stereocenters. The number of hydrogen-bond donors (Lipinski definition) is 2. The first-order chi connectivity index (χ1) is 15.3. The predicted molar refractivity (Wildman–Crippen MR) is 126 cm³/mol. The number of fused-ring (bicyclic) bond motifs is 1.